The minimum absolute atomic E-state index is 0.0215. The van der Waals surface area contributed by atoms with Gasteiger partial charge in [-0.25, -0.2) is 8.42 Å². The van der Waals surface area contributed by atoms with E-state index in [4.69, 9.17) is 0 Å². The fraction of sp³-hybridized carbons (Fsp3) is 0.619. The van der Waals surface area contributed by atoms with Crippen molar-refractivity contribution in [2.24, 2.45) is 5.92 Å². The van der Waals surface area contributed by atoms with Crippen LogP contribution < -0.4 is 10.6 Å². The zero-order chi connectivity index (χ0) is 22.2. The van der Waals surface area contributed by atoms with Gasteiger partial charge in [-0.15, -0.1) is 0 Å². The molecule has 1 rings (SSSR count). The number of amides is 2. The second-order valence-electron chi connectivity index (χ2n) is 7.51. The number of hydrogen-bond acceptors (Lipinski definition) is 4. The summed E-state index contributed by atoms with van der Waals surface area (Å²) in [5.41, 5.74) is 0.207. The van der Waals surface area contributed by atoms with Crippen molar-refractivity contribution in [3.63, 3.8) is 0 Å². The Kier molecular flexibility index (Phi) is 9.79. The SMILES string of the molecule is CCCC(C)NC(=O)C(NC(=O)c1cccc(S(=O)(=O)N(CC)CC)c1)C(C)C. The van der Waals surface area contributed by atoms with Crippen molar-refractivity contribution in [1.29, 1.82) is 0 Å². The smallest absolute Gasteiger partial charge is 0.251 e. The summed E-state index contributed by atoms with van der Waals surface area (Å²) in [6.45, 7) is 11.9. The highest BCUT2D eigenvalue weighted by Crippen LogP contribution is 2.17. The first-order valence-corrected chi connectivity index (χ1v) is 11.7. The normalized spacial score (nSPS) is 13.9. The standard InChI is InChI=1S/C21H35N3O4S/c1-7-11-16(6)22-21(26)19(15(4)5)23-20(25)17-12-10-13-18(14-17)29(27,28)24(8-2)9-3/h10,12-16,19H,7-9,11H2,1-6H3,(H,22,26)(H,23,25). The Morgan fingerprint density at radius 3 is 2.17 bits per heavy atom. The van der Waals surface area contributed by atoms with Gasteiger partial charge in [0.1, 0.15) is 6.04 Å². The zero-order valence-electron chi connectivity index (χ0n) is 18.4. The highest BCUT2D eigenvalue weighted by molar-refractivity contribution is 7.89. The topological polar surface area (TPSA) is 95.6 Å². The molecule has 2 N–H and O–H groups in total. The minimum Gasteiger partial charge on any atom is -0.352 e. The third-order valence-electron chi connectivity index (χ3n) is 4.79. The fourth-order valence-corrected chi connectivity index (χ4v) is 4.61. The number of carbonyl (C=O) groups is 2. The molecule has 0 spiro atoms. The zero-order valence-corrected chi connectivity index (χ0v) is 19.2. The van der Waals surface area contributed by atoms with Crippen molar-refractivity contribution in [2.75, 3.05) is 13.1 Å². The first-order valence-electron chi connectivity index (χ1n) is 10.3. The third kappa shape index (κ3) is 6.82. The monoisotopic (exact) mass is 425 g/mol. The summed E-state index contributed by atoms with van der Waals surface area (Å²) in [6, 6.07) is 5.24. The molecule has 29 heavy (non-hydrogen) atoms. The van der Waals surface area contributed by atoms with Gasteiger partial charge < -0.3 is 10.6 Å². The lowest BCUT2D eigenvalue weighted by Gasteiger charge is -2.24. The van der Waals surface area contributed by atoms with Crippen molar-refractivity contribution in [2.45, 2.75) is 71.4 Å². The predicted octanol–water partition coefficient (Wildman–Crippen LogP) is 2.78. The molecule has 7 nitrogen and oxygen atoms in total. The van der Waals surface area contributed by atoms with Crippen LogP contribution in [0.4, 0.5) is 0 Å². The van der Waals surface area contributed by atoms with Crippen LogP contribution in [0.15, 0.2) is 29.2 Å². The highest BCUT2D eigenvalue weighted by atomic mass is 32.2. The number of benzene rings is 1. The molecule has 1 aromatic rings. The van der Waals surface area contributed by atoms with E-state index in [2.05, 4.69) is 10.6 Å². The van der Waals surface area contributed by atoms with Gasteiger partial charge in [0, 0.05) is 24.7 Å². The fourth-order valence-electron chi connectivity index (χ4n) is 3.11. The molecule has 1 aromatic carbocycles. The molecular weight excluding hydrogens is 390 g/mol. The van der Waals surface area contributed by atoms with Crippen LogP contribution >= 0.6 is 0 Å². The number of rotatable bonds is 11. The Morgan fingerprint density at radius 2 is 1.66 bits per heavy atom. The van der Waals surface area contributed by atoms with Gasteiger partial charge in [0.15, 0.2) is 0 Å². The second kappa shape index (κ2) is 11.3. The van der Waals surface area contributed by atoms with Crippen LogP contribution in [0.25, 0.3) is 0 Å². The minimum atomic E-state index is -3.67. The molecule has 2 unspecified atom stereocenters. The molecule has 164 valence electrons. The van der Waals surface area contributed by atoms with Gasteiger partial charge in [-0.05, 0) is 37.5 Å². The van der Waals surface area contributed by atoms with Crippen LogP contribution in [0, 0.1) is 5.92 Å². The molecule has 0 saturated carbocycles. The molecule has 0 aromatic heterocycles. The summed E-state index contributed by atoms with van der Waals surface area (Å²) < 4.78 is 26.8. The number of nitrogens with zero attached hydrogens (tertiary/aromatic N) is 1. The first kappa shape index (κ1) is 25.1. The Bertz CT molecular complexity index is 789. The molecule has 2 amide bonds. The number of hydrogen-bond donors (Lipinski definition) is 2. The van der Waals surface area contributed by atoms with Gasteiger partial charge in [0.25, 0.3) is 5.91 Å². The van der Waals surface area contributed by atoms with Gasteiger partial charge in [-0.1, -0.05) is 47.1 Å². The molecule has 0 aliphatic heterocycles. The van der Waals surface area contributed by atoms with Gasteiger partial charge in [-0.2, -0.15) is 4.31 Å². The lowest BCUT2D eigenvalue weighted by atomic mass is 10.0. The molecule has 2 atom stereocenters. The summed E-state index contributed by atoms with van der Waals surface area (Å²) in [5.74, 6) is -0.824. The number of nitrogens with one attached hydrogen (secondary N) is 2. The molecule has 0 fully saturated rings. The first-order chi connectivity index (χ1) is 13.6. The summed E-state index contributed by atoms with van der Waals surface area (Å²) in [6.07, 6.45) is 1.81. The summed E-state index contributed by atoms with van der Waals surface area (Å²) in [7, 11) is -3.67. The molecule has 0 heterocycles. The average molecular weight is 426 g/mol. The van der Waals surface area contributed by atoms with Gasteiger partial charge >= 0.3 is 0 Å². The molecule has 0 saturated heterocycles. The lowest BCUT2D eigenvalue weighted by Crippen LogP contribution is -2.51. The van der Waals surface area contributed by atoms with Crippen LogP contribution in [0.3, 0.4) is 0 Å². The van der Waals surface area contributed by atoms with Gasteiger partial charge in [0.2, 0.25) is 15.9 Å². The molecule has 0 bridgehead atoms. The number of carbonyl (C=O) groups excluding carboxylic acids is 2. The highest BCUT2D eigenvalue weighted by Gasteiger charge is 2.27. The van der Waals surface area contributed by atoms with Crippen LogP contribution in [0.2, 0.25) is 0 Å². The summed E-state index contributed by atoms with van der Waals surface area (Å²) >= 11 is 0. The van der Waals surface area contributed by atoms with E-state index in [1.807, 2.05) is 27.7 Å². The molecular formula is C21H35N3O4S. The summed E-state index contributed by atoms with van der Waals surface area (Å²) in [5, 5.41) is 5.69. The quantitative estimate of drug-likeness (QED) is 0.570. The maximum atomic E-state index is 12.8. The van der Waals surface area contributed by atoms with Crippen molar-refractivity contribution in [1.82, 2.24) is 14.9 Å². The van der Waals surface area contributed by atoms with Crippen molar-refractivity contribution in [3.05, 3.63) is 29.8 Å². The van der Waals surface area contributed by atoms with Gasteiger partial charge in [-0.3, -0.25) is 9.59 Å². The number of sulfonamides is 1. The molecule has 8 heteroatoms. The molecule has 0 aliphatic carbocycles. The van der Waals surface area contributed by atoms with Crippen LogP contribution in [0.5, 0.6) is 0 Å². The van der Waals surface area contributed by atoms with E-state index in [-0.39, 0.29) is 28.3 Å². The maximum Gasteiger partial charge on any atom is 0.251 e. The van der Waals surface area contributed by atoms with E-state index in [1.165, 1.54) is 16.4 Å². The maximum absolute atomic E-state index is 12.8. The average Bonchev–Trinajstić information content (AvgIpc) is 2.66. The van der Waals surface area contributed by atoms with E-state index < -0.39 is 22.0 Å². The van der Waals surface area contributed by atoms with Crippen LogP contribution in [0.1, 0.15) is 64.7 Å². The van der Waals surface area contributed by atoms with E-state index in [0.717, 1.165) is 12.8 Å². The Balaban J connectivity index is 3.04. The third-order valence-corrected chi connectivity index (χ3v) is 6.83. The van der Waals surface area contributed by atoms with Gasteiger partial charge in [0.05, 0.1) is 4.90 Å². The van der Waals surface area contributed by atoms with E-state index in [9.17, 15) is 18.0 Å². The van der Waals surface area contributed by atoms with Crippen molar-refractivity contribution in [3.8, 4) is 0 Å². The Hall–Kier alpha value is -1.93. The van der Waals surface area contributed by atoms with Crippen molar-refractivity contribution >= 4 is 21.8 Å². The van der Waals surface area contributed by atoms with E-state index >= 15 is 0 Å². The lowest BCUT2D eigenvalue weighted by molar-refractivity contribution is -0.124. The Labute approximate surface area is 175 Å². The molecule has 0 radical (unpaired) electrons. The van der Waals surface area contributed by atoms with Crippen LogP contribution in [-0.4, -0.2) is 49.7 Å². The Morgan fingerprint density at radius 1 is 1.03 bits per heavy atom. The molecule has 0 aliphatic rings. The largest absolute Gasteiger partial charge is 0.352 e. The van der Waals surface area contributed by atoms with E-state index in [1.54, 1.807) is 26.0 Å². The van der Waals surface area contributed by atoms with Crippen molar-refractivity contribution < 1.29 is 18.0 Å². The predicted molar refractivity (Wildman–Crippen MR) is 115 cm³/mol. The van der Waals surface area contributed by atoms with E-state index in [0.29, 0.717) is 13.1 Å². The van der Waals surface area contributed by atoms with Crippen LogP contribution in [-0.2, 0) is 14.8 Å². The summed E-state index contributed by atoms with van der Waals surface area (Å²) in [4.78, 5) is 25.4. The second-order valence-corrected chi connectivity index (χ2v) is 9.45.